The van der Waals surface area contributed by atoms with Crippen LogP contribution in [0.15, 0.2) is 47.8 Å². The summed E-state index contributed by atoms with van der Waals surface area (Å²) in [6.07, 6.45) is 2.06. The predicted molar refractivity (Wildman–Crippen MR) is 151 cm³/mol. The number of fused-ring (bicyclic) bond motifs is 1. The highest BCUT2D eigenvalue weighted by Crippen LogP contribution is 2.22. The molecular formula is C27H32N8O8. The molecule has 0 aliphatic carbocycles. The van der Waals surface area contributed by atoms with Gasteiger partial charge in [0.15, 0.2) is 0 Å². The zero-order valence-electron chi connectivity index (χ0n) is 23.5. The molecule has 43 heavy (non-hydrogen) atoms. The maximum absolute atomic E-state index is 12.7. The number of anilines is 1. The second-order valence-electron chi connectivity index (χ2n) is 9.58. The fraction of sp³-hybridized carbons (Fsp3) is 0.333. The van der Waals surface area contributed by atoms with Crippen molar-refractivity contribution in [3.05, 3.63) is 59.4 Å². The number of rotatable bonds is 13. The summed E-state index contributed by atoms with van der Waals surface area (Å²) in [5.74, 6) is -4.96. The molecule has 1 aromatic carbocycles. The van der Waals surface area contributed by atoms with Gasteiger partial charge in [0.25, 0.3) is 0 Å². The highest BCUT2D eigenvalue weighted by molar-refractivity contribution is 5.99. The van der Waals surface area contributed by atoms with E-state index in [1.54, 1.807) is 48.5 Å². The van der Waals surface area contributed by atoms with Crippen LogP contribution in [0.3, 0.4) is 0 Å². The quantitative estimate of drug-likeness (QED) is 0.137. The van der Waals surface area contributed by atoms with Gasteiger partial charge in [0.1, 0.15) is 6.04 Å². The molecule has 1 aromatic heterocycles. The topological polar surface area (TPSA) is 223 Å². The second-order valence-corrected chi connectivity index (χ2v) is 9.58. The van der Waals surface area contributed by atoms with Gasteiger partial charge in [-0.15, -0.1) is 0 Å². The Kier molecular flexibility index (Phi) is 11.1. The van der Waals surface area contributed by atoms with E-state index in [1.165, 1.54) is 7.05 Å². The summed E-state index contributed by atoms with van der Waals surface area (Å²) in [4.78, 5) is 76.4. The highest BCUT2D eigenvalue weighted by atomic mass is 16.4. The van der Waals surface area contributed by atoms with Crippen molar-refractivity contribution < 1.29 is 39.0 Å². The van der Waals surface area contributed by atoms with Crippen molar-refractivity contribution in [2.24, 2.45) is 5.10 Å². The molecule has 0 spiro atoms. The second kappa shape index (κ2) is 14.9. The Hall–Kier alpha value is -5.54. The average Bonchev–Trinajstić information content (AvgIpc) is 3.39. The number of pyridine rings is 1. The molecule has 0 radical (unpaired) electrons. The van der Waals surface area contributed by atoms with Crippen LogP contribution in [0.1, 0.15) is 42.9 Å². The van der Waals surface area contributed by atoms with E-state index in [0.29, 0.717) is 30.1 Å². The number of hydrogen-bond acceptors (Lipinski definition) is 9. The van der Waals surface area contributed by atoms with Crippen LogP contribution in [-0.2, 0) is 37.1 Å². The van der Waals surface area contributed by atoms with Gasteiger partial charge in [0, 0.05) is 44.6 Å². The summed E-state index contributed by atoms with van der Waals surface area (Å²) in [5.41, 5.74) is 6.24. The van der Waals surface area contributed by atoms with Gasteiger partial charge in [-0.3, -0.25) is 29.6 Å². The molecule has 0 bridgehead atoms. The van der Waals surface area contributed by atoms with Crippen LogP contribution in [0.2, 0.25) is 0 Å². The molecule has 1 aliphatic rings. The lowest BCUT2D eigenvalue weighted by Gasteiger charge is -2.19. The smallest absolute Gasteiger partial charge is 0.326 e. The van der Waals surface area contributed by atoms with Crippen LogP contribution in [0.4, 0.5) is 10.5 Å². The van der Waals surface area contributed by atoms with Gasteiger partial charge < -0.3 is 31.1 Å². The van der Waals surface area contributed by atoms with Crippen LogP contribution in [0.5, 0.6) is 0 Å². The van der Waals surface area contributed by atoms with Crippen LogP contribution in [-0.4, -0.2) is 86.3 Å². The number of benzene rings is 1. The van der Waals surface area contributed by atoms with Crippen molar-refractivity contribution in [1.29, 1.82) is 0 Å². The van der Waals surface area contributed by atoms with E-state index in [-0.39, 0.29) is 12.5 Å². The summed E-state index contributed by atoms with van der Waals surface area (Å²) in [6, 6.07) is 6.96. The summed E-state index contributed by atoms with van der Waals surface area (Å²) in [7, 11) is 1.43. The fourth-order valence-corrected chi connectivity index (χ4v) is 4.01. The van der Waals surface area contributed by atoms with Crippen LogP contribution in [0.25, 0.3) is 0 Å². The number of hydrazone groups is 1. The normalized spacial score (nSPS) is 12.9. The summed E-state index contributed by atoms with van der Waals surface area (Å²) < 4.78 is 0. The lowest BCUT2D eigenvalue weighted by Crippen LogP contribution is -2.48. The Morgan fingerprint density at radius 1 is 0.977 bits per heavy atom. The Labute approximate surface area is 246 Å². The molecular weight excluding hydrogens is 564 g/mol. The zero-order chi connectivity index (χ0) is 31.5. The molecule has 6 N–H and O–H groups in total. The molecule has 5 amide bonds. The molecule has 0 saturated carbocycles. The Balaban J connectivity index is 1.46. The van der Waals surface area contributed by atoms with E-state index >= 15 is 0 Å². The standard InChI is InChI=1S/C27H32N8O8/c1-16(17-3-5-20(6-4-17)30-27(43)35-14-18-9-10-28-12-19(18)15-35)32-34(2)33-23(37)11-21(26(41)42)31-24(38)13-29-22(36)7-8-25(39)40/h3-6,9-10,12,21H,7-8,11,13-15H2,1-2H3,(H,29,36)(H,30,43)(H,31,38)(H,33,37)(H,39,40)(H,41,42)/b32-16+/t21-/m1/s1. The maximum atomic E-state index is 12.7. The number of carbonyl (C=O) groups is 6. The SMILES string of the molecule is C/C(=N\N(C)NC(=O)C[C@@H](NC(=O)CNC(=O)CCC(=O)O)C(=O)O)c1ccc(NC(=O)N2Cc3ccncc3C2)cc1. The summed E-state index contributed by atoms with van der Waals surface area (Å²) >= 11 is 0. The molecule has 1 atom stereocenters. The van der Waals surface area contributed by atoms with Gasteiger partial charge in [-0.05, 0) is 41.8 Å². The van der Waals surface area contributed by atoms with E-state index in [1.807, 2.05) is 6.07 Å². The van der Waals surface area contributed by atoms with Crippen LogP contribution < -0.4 is 21.4 Å². The van der Waals surface area contributed by atoms with E-state index in [0.717, 1.165) is 16.2 Å². The number of aliphatic carboxylic acids is 2. The summed E-state index contributed by atoms with van der Waals surface area (Å²) in [6.45, 7) is 2.08. The number of carboxylic acid groups (broad SMARTS) is 2. The average molecular weight is 597 g/mol. The van der Waals surface area contributed by atoms with Crippen LogP contribution in [0, 0.1) is 0 Å². The molecule has 2 aromatic rings. The first kappa shape index (κ1) is 32.0. The van der Waals surface area contributed by atoms with E-state index in [4.69, 9.17) is 5.11 Å². The first-order valence-electron chi connectivity index (χ1n) is 13.1. The molecule has 1 aliphatic heterocycles. The third-order valence-electron chi connectivity index (χ3n) is 6.19. The van der Waals surface area contributed by atoms with Gasteiger partial charge in [0.05, 0.1) is 25.1 Å². The minimum Gasteiger partial charge on any atom is -0.481 e. The third kappa shape index (κ3) is 10.1. The minimum atomic E-state index is -1.59. The van der Waals surface area contributed by atoms with E-state index < -0.39 is 55.1 Å². The lowest BCUT2D eigenvalue weighted by atomic mass is 10.1. The minimum absolute atomic E-state index is 0.242. The number of hydrazine groups is 1. The van der Waals surface area contributed by atoms with E-state index in [9.17, 15) is 33.9 Å². The monoisotopic (exact) mass is 596 g/mol. The molecule has 0 fully saturated rings. The van der Waals surface area contributed by atoms with Gasteiger partial charge in [-0.1, -0.05) is 12.1 Å². The van der Waals surface area contributed by atoms with Crippen LogP contribution >= 0.6 is 0 Å². The largest absolute Gasteiger partial charge is 0.481 e. The van der Waals surface area contributed by atoms with Crippen molar-refractivity contribution in [3.8, 4) is 0 Å². The molecule has 16 nitrogen and oxygen atoms in total. The van der Waals surface area contributed by atoms with E-state index in [2.05, 4.69) is 31.5 Å². The lowest BCUT2D eigenvalue weighted by molar-refractivity contribution is -0.144. The maximum Gasteiger partial charge on any atom is 0.326 e. The van der Waals surface area contributed by atoms with Crippen molar-refractivity contribution in [1.82, 2.24) is 31.1 Å². The summed E-state index contributed by atoms with van der Waals surface area (Å²) in [5, 5.41) is 30.5. The van der Waals surface area contributed by atoms with Gasteiger partial charge in [-0.25, -0.2) is 14.7 Å². The Morgan fingerprint density at radius 2 is 1.67 bits per heavy atom. The number of aromatic nitrogens is 1. The molecule has 228 valence electrons. The first-order valence-corrected chi connectivity index (χ1v) is 13.1. The molecule has 2 heterocycles. The first-order chi connectivity index (χ1) is 20.4. The fourth-order valence-electron chi connectivity index (χ4n) is 4.01. The van der Waals surface area contributed by atoms with Gasteiger partial charge in [0.2, 0.25) is 17.7 Å². The van der Waals surface area contributed by atoms with Crippen molar-refractivity contribution in [2.45, 2.75) is 45.3 Å². The van der Waals surface area contributed by atoms with Crippen molar-refractivity contribution >= 4 is 47.1 Å². The van der Waals surface area contributed by atoms with Crippen molar-refractivity contribution in [3.63, 3.8) is 0 Å². The van der Waals surface area contributed by atoms with Gasteiger partial charge in [-0.2, -0.15) is 5.10 Å². The van der Waals surface area contributed by atoms with Crippen molar-refractivity contribution in [2.75, 3.05) is 18.9 Å². The molecule has 0 saturated heterocycles. The number of carbonyl (C=O) groups excluding carboxylic acids is 4. The number of hydrogen-bond donors (Lipinski definition) is 6. The third-order valence-corrected chi connectivity index (χ3v) is 6.19. The van der Waals surface area contributed by atoms with Gasteiger partial charge >= 0.3 is 18.0 Å². The Morgan fingerprint density at radius 3 is 2.33 bits per heavy atom. The number of nitrogens with one attached hydrogen (secondary N) is 4. The number of urea groups is 1. The predicted octanol–water partition coefficient (Wildman–Crippen LogP) is 0.257. The number of nitrogens with zero attached hydrogens (tertiary/aromatic N) is 4. The number of carboxylic acids is 2. The molecule has 3 rings (SSSR count). The molecule has 0 unspecified atom stereocenters. The number of amides is 5. The highest BCUT2D eigenvalue weighted by Gasteiger charge is 2.25. The zero-order valence-corrected chi connectivity index (χ0v) is 23.5. The Bertz CT molecular complexity index is 1390. The molecule has 16 heteroatoms.